The van der Waals surface area contributed by atoms with Crippen LogP contribution in [0.2, 0.25) is 0 Å². The van der Waals surface area contributed by atoms with E-state index in [2.05, 4.69) is 19.9 Å². The first-order valence-corrected chi connectivity index (χ1v) is 5.01. The van der Waals surface area contributed by atoms with Gasteiger partial charge in [-0.2, -0.15) is 0 Å². The zero-order valence-corrected chi connectivity index (χ0v) is 8.95. The molecule has 1 fully saturated rings. The number of aromatic amines is 1. The van der Waals surface area contributed by atoms with Gasteiger partial charge < -0.3 is 4.90 Å². The highest BCUT2D eigenvalue weighted by atomic mass is 16.1. The van der Waals surface area contributed by atoms with Gasteiger partial charge in [0.2, 0.25) is 0 Å². The second-order valence-corrected chi connectivity index (χ2v) is 3.77. The van der Waals surface area contributed by atoms with Crippen LogP contribution in [-0.4, -0.2) is 34.3 Å². The molecule has 0 spiro atoms. The average molecular weight is 206 g/mol. The highest BCUT2D eigenvalue weighted by Crippen LogP contribution is 2.16. The Hall–Kier alpha value is -1.65. The molecule has 0 atom stereocenters. The van der Waals surface area contributed by atoms with E-state index in [0.29, 0.717) is 5.82 Å². The minimum Gasteiger partial charge on any atom is -0.363 e. The van der Waals surface area contributed by atoms with Gasteiger partial charge in [-0.25, -0.2) is 14.8 Å². The Kier molecular flexibility index (Phi) is 2.53. The van der Waals surface area contributed by atoms with Gasteiger partial charge in [0.05, 0.1) is 0 Å². The molecule has 0 radical (unpaired) electrons. The third-order valence-electron chi connectivity index (χ3n) is 2.55. The van der Waals surface area contributed by atoms with Gasteiger partial charge in [0, 0.05) is 31.8 Å². The summed E-state index contributed by atoms with van der Waals surface area (Å²) in [4.78, 5) is 23.9. The topological polar surface area (TPSA) is 61.4 Å². The molecule has 0 saturated carbocycles. The molecule has 1 saturated heterocycles. The third-order valence-corrected chi connectivity index (χ3v) is 2.55. The van der Waals surface area contributed by atoms with E-state index in [0.717, 1.165) is 30.8 Å². The summed E-state index contributed by atoms with van der Waals surface area (Å²) in [5.74, 6) is 1.65. The fourth-order valence-corrected chi connectivity index (χ4v) is 1.63. The lowest BCUT2D eigenvalue weighted by Crippen LogP contribution is -2.19. The minimum atomic E-state index is -0.347. The summed E-state index contributed by atoms with van der Waals surface area (Å²) in [6, 6.07) is 0. The van der Waals surface area contributed by atoms with E-state index in [1.165, 1.54) is 0 Å². The van der Waals surface area contributed by atoms with Crippen molar-refractivity contribution in [3.05, 3.63) is 22.2 Å². The Morgan fingerprint density at radius 2 is 2.40 bits per heavy atom. The van der Waals surface area contributed by atoms with Crippen molar-refractivity contribution in [1.29, 1.82) is 0 Å². The van der Waals surface area contributed by atoms with E-state index in [4.69, 9.17) is 0 Å². The van der Waals surface area contributed by atoms with Crippen LogP contribution in [-0.2, 0) is 0 Å². The van der Waals surface area contributed by atoms with Gasteiger partial charge in [0.1, 0.15) is 11.7 Å². The van der Waals surface area contributed by atoms with Crippen LogP contribution in [0.4, 0.5) is 5.82 Å². The maximum atomic E-state index is 11.0. The Balaban J connectivity index is 2.38. The number of nitrogens with zero attached hydrogens (tertiary/aromatic N) is 3. The van der Waals surface area contributed by atoms with Crippen molar-refractivity contribution in [3.8, 4) is 0 Å². The number of aliphatic imine (C=N–C) groups is 1. The standard InChI is InChI=1S/C10H14N4O/c1-7-6-11-10(15)13-9(7)12-8-4-3-5-14(8)2/h6H,3-5H2,1-2H3,(H,11,13,15)/b12-8+. The van der Waals surface area contributed by atoms with Crippen molar-refractivity contribution in [2.24, 2.45) is 4.99 Å². The van der Waals surface area contributed by atoms with Gasteiger partial charge in [0.25, 0.3) is 0 Å². The first-order valence-electron chi connectivity index (χ1n) is 5.01. The van der Waals surface area contributed by atoms with E-state index in [1.54, 1.807) is 6.20 Å². The molecule has 0 unspecified atom stereocenters. The summed E-state index contributed by atoms with van der Waals surface area (Å²) >= 11 is 0. The van der Waals surface area contributed by atoms with E-state index in [-0.39, 0.29) is 5.69 Å². The zero-order valence-electron chi connectivity index (χ0n) is 8.95. The molecule has 80 valence electrons. The van der Waals surface area contributed by atoms with Gasteiger partial charge in [-0.3, -0.25) is 4.98 Å². The average Bonchev–Trinajstić information content (AvgIpc) is 2.58. The van der Waals surface area contributed by atoms with Crippen molar-refractivity contribution in [3.63, 3.8) is 0 Å². The van der Waals surface area contributed by atoms with Crippen LogP contribution >= 0.6 is 0 Å². The normalized spacial score (nSPS) is 18.8. The van der Waals surface area contributed by atoms with Crippen molar-refractivity contribution in [2.75, 3.05) is 13.6 Å². The van der Waals surface area contributed by atoms with E-state index < -0.39 is 0 Å². The van der Waals surface area contributed by atoms with Crippen LogP contribution in [0.25, 0.3) is 0 Å². The Morgan fingerprint density at radius 1 is 1.60 bits per heavy atom. The highest BCUT2D eigenvalue weighted by Gasteiger charge is 2.14. The fourth-order valence-electron chi connectivity index (χ4n) is 1.63. The lowest BCUT2D eigenvalue weighted by Gasteiger charge is -2.11. The quantitative estimate of drug-likeness (QED) is 0.740. The summed E-state index contributed by atoms with van der Waals surface area (Å²) in [5, 5.41) is 0. The van der Waals surface area contributed by atoms with Crippen molar-refractivity contribution in [1.82, 2.24) is 14.9 Å². The molecule has 5 nitrogen and oxygen atoms in total. The molecule has 0 bridgehead atoms. The van der Waals surface area contributed by atoms with Gasteiger partial charge in [0.15, 0.2) is 0 Å². The van der Waals surface area contributed by atoms with Gasteiger partial charge in [-0.15, -0.1) is 0 Å². The molecule has 2 heterocycles. The van der Waals surface area contributed by atoms with Crippen LogP contribution in [0.1, 0.15) is 18.4 Å². The molecule has 1 N–H and O–H groups in total. The van der Waals surface area contributed by atoms with Crippen LogP contribution in [0, 0.1) is 6.92 Å². The fraction of sp³-hybridized carbons (Fsp3) is 0.500. The zero-order chi connectivity index (χ0) is 10.8. The lowest BCUT2D eigenvalue weighted by molar-refractivity contribution is 0.549. The van der Waals surface area contributed by atoms with Crippen molar-refractivity contribution < 1.29 is 0 Å². The first kappa shape index (κ1) is 9.89. The SMILES string of the molecule is Cc1cnc(=O)[nH]c1/N=C1\CCCN1C. The molecular weight excluding hydrogens is 192 g/mol. The number of amidine groups is 1. The number of nitrogens with one attached hydrogen (secondary N) is 1. The smallest absolute Gasteiger partial charge is 0.346 e. The van der Waals surface area contributed by atoms with Gasteiger partial charge >= 0.3 is 5.69 Å². The van der Waals surface area contributed by atoms with Crippen LogP contribution < -0.4 is 5.69 Å². The second kappa shape index (κ2) is 3.84. The number of rotatable bonds is 1. The van der Waals surface area contributed by atoms with Gasteiger partial charge in [-0.1, -0.05) is 0 Å². The number of aryl methyl sites for hydroxylation is 1. The lowest BCUT2D eigenvalue weighted by atomic mass is 10.3. The molecule has 1 aliphatic rings. The predicted molar refractivity (Wildman–Crippen MR) is 58.6 cm³/mol. The van der Waals surface area contributed by atoms with Crippen molar-refractivity contribution >= 4 is 11.7 Å². The van der Waals surface area contributed by atoms with Crippen LogP contribution in [0.3, 0.4) is 0 Å². The second-order valence-electron chi connectivity index (χ2n) is 3.77. The molecule has 2 rings (SSSR count). The largest absolute Gasteiger partial charge is 0.363 e. The van der Waals surface area contributed by atoms with E-state index in [1.807, 2.05) is 14.0 Å². The molecule has 0 amide bonds. The molecular formula is C10H14N4O. The minimum absolute atomic E-state index is 0.347. The summed E-state index contributed by atoms with van der Waals surface area (Å²) in [7, 11) is 2.01. The molecule has 5 heteroatoms. The third kappa shape index (κ3) is 2.06. The first-order chi connectivity index (χ1) is 7.16. The highest BCUT2D eigenvalue weighted by molar-refractivity contribution is 5.86. The Morgan fingerprint density at radius 3 is 3.07 bits per heavy atom. The Bertz CT molecular complexity index is 449. The molecule has 1 aromatic heterocycles. The van der Waals surface area contributed by atoms with Crippen molar-refractivity contribution in [2.45, 2.75) is 19.8 Å². The van der Waals surface area contributed by atoms with E-state index >= 15 is 0 Å². The van der Waals surface area contributed by atoms with Gasteiger partial charge in [-0.05, 0) is 13.3 Å². The summed E-state index contributed by atoms with van der Waals surface area (Å²) in [6.07, 6.45) is 3.65. The monoisotopic (exact) mass is 206 g/mol. The van der Waals surface area contributed by atoms with E-state index in [9.17, 15) is 4.79 Å². The Labute approximate surface area is 87.9 Å². The van der Waals surface area contributed by atoms with Crippen LogP contribution in [0.5, 0.6) is 0 Å². The molecule has 0 aromatic carbocycles. The van der Waals surface area contributed by atoms with Crippen LogP contribution in [0.15, 0.2) is 16.0 Å². The molecule has 0 aliphatic carbocycles. The number of hydrogen-bond acceptors (Lipinski definition) is 3. The number of likely N-dealkylation sites (tertiary alicyclic amines) is 1. The molecule has 15 heavy (non-hydrogen) atoms. The molecule has 1 aliphatic heterocycles. The maximum Gasteiger partial charge on any atom is 0.346 e. The predicted octanol–water partition coefficient (Wildman–Crippen LogP) is 0.834. The number of aromatic nitrogens is 2. The molecule has 1 aromatic rings. The summed E-state index contributed by atoms with van der Waals surface area (Å²) in [5.41, 5.74) is 0.544. The summed E-state index contributed by atoms with van der Waals surface area (Å²) in [6.45, 7) is 2.92. The summed E-state index contributed by atoms with van der Waals surface area (Å²) < 4.78 is 0. The number of H-pyrrole nitrogens is 1. The number of hydrogen-bond donors (Lipinski definition) is 1. The maximum absolute atomic E-state index is 11.0.